The Balaban J connectivity index is 1.72. The Morgan fingerprint density at radius 2 is 2.20 bits per heavy atom. The van der Waals surface area contributed by atoms with Crippen molar-refractivity contribution in [1.82, 2.24) is 20.1 Å². The molecule has 1 aliphatic heterocycles. The summed E-state index contributed by atoms with van der Waals surface area (Å²) in [7, 11) is 3.99. The van der Waals surface area contributed by atoms with E-state index in [9.17, 15) is 4.79 Å². The zero-order valence-corrected chi connectivity index (χ0v) is 13.2. The van der Waals surface area contributed by atoms with Crippen molar-refractivity contribution in [2.75, 3.05) is 40.3 Å². The van der Waals surface area contributed by atoms with E-state index >= 15 is 0 Å². The summed E-state index contributed by atoms with van der Waals surface area (Å²) in [5.41, 5.74) is 0.895. The van der Waals surface area contributed by atoms with E-state index in [2.05, 4.69) is 20.1 Å². The van der Waals surface area contributed by atoms with Gasteiger partial charge in [-0.3, -0.25) is 9.69 Å². The molecule has 0 aromatic carbocycles. The number of nitrogens with one attached hydrogen (secondary N) is 1. The fourth-order valence-corrected chi connectivity index (χ4v) is 3.12. The molecule has 112 valence electrons. The number of amides is 1. The first kappa shape index (κ1) is 15.4. The molecule has 1 amide bonds. The van der Waals surface area contributed by atoms with E-state index in [4.69, 9.17) is 0 Å². The van der Waals surface area contributed by atoms with Crippen molar-refractivity contribution in [2.24, 2.45) is 0 Å². The molecule has 5 nitrogen and oxygen atoms in total. The monoisotopic (exact) mass is 296 g/mol. The number of hydrogen-bond acceptors (Lipinski definition) is 5. The van der Waals surface area contributed by atoms with Crippen LogP contribution in [0.25, 0.3) is 0 Å². The number of rotatable bonds is 7. The molecule has 2 rings (SSSR count). The van der Waals surface area contributed by atoms with Gasteiger partial charge in [0.2, 0.25) is 5.91 Å². The standard InChI is InChI=1S/C14H24N4OS/c1-17(2)8-5-15-13(19)9-12-11-20-14(16-12)10-18-6-3-4-7-18/h11H,3-10H2,1-2H3,(H,15,19). The highest BCUT2D eigenvalue weighted by molar-refractivity contribution is 7.09. The fraction of sp³-hybridized carbons (Fsp3) is 0.714. The molecule has 2 heterocycles. The molecule has 0 aliphatic carbocycles. The van der Waals surface area contributed by atoms with E-state index in [1.54, 1.807) is 11.3 Å². The highest BCUT2D eigenvalue weighted by Crippen LogP contribution is 2.16. The average Bonchev–Trinajstić information content (AvgIpc) is 3.01. The first-order valence-corrected chi connectivity index (χ1v) is 8.08. The number of carbonyl (C=O) groups is 1. The molecule has 6 heteroatoms. The number of aromatic nitrogens is 1. The molecule has 1 aromatic rings. The summed E-state index contributed by atoms with van der Waals surface area (Å²) in [6.45, 7) is 4.85. The third-order valence-electron chi connectivity index (χ3n) is 3.38. The van der Waals surface area contributed by atoms with Crippen LogP contribution in [0.3, 0.4) is 0 Å². The van der Waals surface area contributed by atoms with Gasteiger partial charge in [-0.25, -0.2) is 4.98 Å². The van der Waals surface area contributed by atoms with E-state index in [1.807, 2.05) is 19.5 Å². The van der Waals surface area contributed by atoms with Gasteiger partial charge in [0.05, 0.1) is 18.7 Å². The number of carbonyl (C=O) groups excluding carboxylic acids is 1. The summed E-state index contributed by atoms with van der Waals surface area (Å²) in [5.74, 6) is 0.0601. The second kappa shape index (κ2) is 7.71. The number of thiazole rings is 1. The molecule has 0 spiro atoms. The molecule has 1 aliphatic rings. The molecule has 0 saturated carbocycles. The molecular formula is C14H24N4OS. The number of likely N-dealkylation sites (N-methyl/N-ethyl adjacent to an activating group) is 1. The first-order valence-electron chi connectivity index (χ1n) is 7.20. The highest BCUT2D eigenvalue weighted by Gasteiger charge is 2.14. The van der Waals surface area contributed by atoms with Crippen LogP contribution in [0.4, 0.5) is 0 Å². The Hall–Kier alpha value is -0.980. The van der Waals surface area contributed by atoms with E-state index < -0.39 is 0 Å². The molecule has 0 atom stereocenters. The zero-order valence-electron chi connectivity index (χ0n) is 12.4. The van der Waals surface area contributed by atoms with E-state index in [-0.39, 0.29) is 5.91 Å². The van der Waals surface area contributed by atoms with Crippen molar-refractivity contribution in [3.63, 3.8) is 0 Å². The largest absolute Gasteiger partial charge is 0.354 e. The lowest BCUT2D eigenvalue weighted by molar-refractivity contribution is -0.120. The summed E-state index contributed by atoms with van der Waals surface area (Å²) in [5, 5.41) is 6.06. The number of hydrogen-bond donors (Lipinski definition) is 1. The topological polar surface area (TPSA) is 48.5 Å². The van der Waals surface area contributed by atoms with Crippen molar-refractivity contribution in [1.29, 1.82) is 0 Å². The maximum Gasteiger partial charge on any atom is 0.226 e. The summed E-state index contributed by atoms with van der Waals surface area (Å²) in [6, 6.07) is 0. The van der Waals surface area contributed by atoms with Crippen molar-refractivity contribution < 1.29 is 4.79 Å². The second-order valence-electron chi connectivity index (χ2n) is 5.55. The predicted molar refractivity (Wildman–Crippen MR) is 81.9 cm³/mol. The normalized spacial score (nSPS) is 15.9. The molecule has 1 N–H and O–H groups in total. The van der Waals surface area contributed by atoms with Gasteiger partial charge in [-0.15, -0.1) is 11.3 Å². The summed E-state index contributed by atoms with van der Waals surface area (Å²) in [4.78, 5) is 20.8. The lowest BCUT2D eigenvalue weighted by Crippen LogP contribution is -2.32. The van der Waals surface area contributed by atoms with Crippen molar-refractivity contribution in [2.45, 2.75) is 25.8 Å². The van der Waals surface area contributed by atoms with Crippen LogP contribution < -0.4 is 5.32 Å². The van der Waals surface area contributed by atoms with Crippen molar-refractivity contribution in [3.05, 3.63) is 16.1 Å². The zero-order chi connectivity index (χ0) is 14.4. The second-order valence-corrected chi connectivity index (χ2v) is 6.49. The third-order valence-corrected chi connectivity index (χ3v) is 4.26. The average molecular weight is 296 g/mol. The highest BCUT2D eigenvalue weighted by atomic mass is 32.1. The van der Waals surface area contributed by atoms with Crippen LogP contribution in [0.1, 0.15) is 23.5 Å². The van der Waals surface area contributed by atoms with Gasteiger partial charge in [0.1, 0.15) is 5.01 Å². The Kier molecular flexibility index (Phi) is 5.94. The molecule has 0 radical (unpaired) electrons. The van der Waals surface area contributed by atoms with Gasteiger partial charge in [-0.2, -0.15) is 0 Å². The van der Waals surface area contributed by atoms with Gasteiger partial charge >= 0.3 is 0 Å². The van der Waals surface area contributed by atoms with E-state index in [0.29, 0.717) is 13.0 Å². The molecule has 1 aromatic heterocycles. The molecular weight excluding hydrogens is 272 g/mol. The lowest BCUT2D eigenvalue weighted by Gasteiger charge is -2.11. The van der Waals surface area contributed by atoms with E-state index in [0.717, 1.165) is 23.8 Å². The van der Waals surface area contributed by atoms with E-state index in [1.165, 1.54) is 25.9 Å². The number of likely N-dealkylation sites (tertiary alicyclic amines) is 1. The van der Waals surface area contributed by atoms with Gasteiger partial charge in [-0.05, 0) is 40.0 Å². The van der Waals surface area contributed by atoms with Crippen LogP contribution in [0.15, 0.2) is 5.38 Å². The Morgan fingerprint density at radius 3 is 2.90 bits per heavy atom. The van der Waals surface area contributed by atoms with Crippen LogP contribution in [0, 0.1) is 0 Å². The minimum absolute atomic E-state index is 0.0601. The fourth-order valence-electron chi connectivity index (χ4n) is 2.28. The first-order chi connectivity index (χ1) is 9.63. The van der Waals surface area contributed by atoms with Gasteiger partial charge in [0, 0.05) is 18.5 Å². The molecule has 1 fully saturated rings. The number of nitrogens with zero attached hydrogens (tertiary/aromatic N) is 3. The van der Waals surface area contributed by atoms with Crippen LogP contribution >= 0.6 is 11.3 Å². The Labute approximate surface area is 125 Å². The molecule has 20 heavy (non-hydrogen) atoms. The quantitative estimate of drug-likeness (QED) is 0.814. The van der Waals surface area contributed by atoms with Gasteiger partial charge < -0.3 is 10.2 Å². The summed E-state index contributed by atoms with van der Waals surface area (Å²) < 4.78 is 0. The third kappa shape index (κ3) is 5.19. The van der Waals surface area contributed by atoms with Crippen LogP contribution in [0.2, 0.25) is 0 Å². The Bertz CT molecular complexity index is 427. The minimum Gasteiger partial charge on any atom is -0.354 e. The van der Waals surface area contributed by atoms with Gasteiger partial charge in [-0.1, -0.05) is 0 Å². The maximum atomic E-state index is 11.8. The van der Waals surface area contributed by atoms with Gasteiger partial charge in [0.25, 0.3) is 0 Å². The summed E-state index contributed by atoms with van der Waals surface area (Å²) >= 11 is 1.67. The van der Waals surface area contributed by atoms with Crippen LogP contribution in [-0.2, 0) is 17.8 Å². The maximum absolute atomic E-state index is 11.8. The lowest BCUT2D eigenvalue weighted by atomic mass is 10.3. The SMILES string of the molecule is CN(C)CCNC(=O)Cc1csc(CN2CCCC2)n1. The summed E-state index contributed by atoms with van der Waals surface area (Å²) in [6.07, 6.45) is 2.99. The van der Waals surface area contributed by atoms with Gasteiger partial charge in [0.15, 0.2) is 0 Å². The molecule has 1 saturated heterocycles. The smallest absolute Gasteiger partial charge is 0.226 e. The van der Waals surface area contributed by atoms with Crippen LogP contribution in [-0.4, -0.2) is 61.0 Å². The van der Waals surface area contributed by atoms with Crippen molar-refractivity contribution in [3.8, 4) is 0 Å². The predicted octanol–water partition coefficient (Wildman–Crippen LogP) is 0.959. The Morgan fingerprint density at radius 1 is 1.45 bits per heavy atom. The van der Waals surface area contributed by atoms with Crippen molar-refractivity contribution >= 4 is 17.2 Å². The van der Waals surface area contributed by atoms with Crippen LogP contribution in [0.5, 0.6) is 0 Å². The molecule has 0 bridgehead atoms. The minimum atomic E-state index is 0.0601. The molecule has 0 unspecified atom stereocenters.